The SMILES string of the molecule is O=C1CC=CC2=C1NC(c1cccc(C(F)(F)F)c1)CC2. The van der Waals surface area contributed by atoms with E-state index in [1.165, 1.54) is 6.07 Å². The first-order valence-corrected chi connectivity index (χ1v) is 6.82. The van der Waals surface area contributed by atoms with Crippen LogP contribution in [-0.4, -0.2) is 5.78 Å². The second kappa shape index (κ2) is 5.06. The summed E-state index contributed by atoms with van der Waals surface area (Å²) < 4.78 is 38.3. The molecular weight excluding hydrogens is 279 g/mol. The largest absolute Gasteiger partial charge is 0.416 e. The molecule has 2 aliphatic rings. The number of alkyl halides is 3. The lowest BCUT2D eigenvalue weighted by Gasteiger charge is -2.30. The molecule has 3 rings (SSSR count). The number of carbonyl (C=O) groups is 1. The Kier molecular flexibility index (Phi) is 3.35. The van der Waals surface area contributed by atoms with E-state index >= 15 is 0 Å². The van der Waals surface area contributed by atoms with Gasteiger partial charge in [0.2, 0.25) is 0 Å². The molecule has 0 radical (unpaired) electrons. The summed E-state index contributed by atoms with van der Waals surface area (Å²) in [7, 11) is 0. The Morgan fingerprint density at radius 1 is 1.24 bits per heavy atom. The van der Waals surface area contributed by atoms with Gasteiger partial charge in [0.05, 0.1) is 17.3 Å². The van der Waals surface area contributed by atoms with Crippen molar-refractivity contribution < 1.29 is 18.0 Å². The molecule has 0 fully saturated rings. The summed E-state index contributed by atoms with van der Waals surface area (Å²) in [6.07, 6.45) is 1.13. The van der Waals surface area contributed by atoms with Crippen LogP contribution in [0.3, 0.4) is 0 Å². The Morgan fingerprint density at radius 2 is 2.05 bits per heavy atom. The Labute approximate surface area is 120 Å². The molecule has 1 heterocycles. The first kappa shape index (κ1) is 13.9. The second-order valence-electron chi connectivity index (χ2n) is 5.29. The molecular formula is C16H14F3NO. The molecule has 0 amide bonds. The van der Waals surface area contributed by atoms with Gasteiger partial charge >= 0.3 is 6.18 Å². The minimum absolute atomic E-state index is 0.00387. The first-order valence-electron chi connectivity index (χ1n) is 6.82. The summed E-state index contributed by atoms with van der Waals surface area (Å²) >= 11 is 0. The van der Waals surface area contributed by atoms with Gasteiger partial charge in [-0.3, -0.25) is 4.79 Å². The average Bonchev–Trinajstić information content (AvgIpc) is 2.47. The standard InChI is InChI=1S/C16H14F3NO/c17-16(18,19)12-5-1-4-11(9-12)13-8-7-10-3-2-6-14(21)15(10)20-13/h1-5,9,13,20H,6-8H2. The third kappa shape index (κ3) is 2.73. The molecule has 2 nitrogen and oxygen atoms in total. The zero-order chi connectivity index (χ0) is 15.0. The number of nitrogens with one attached hydrogen (secondary N) is 1. The maximum atomic E-state index is 12.8. The van der Waals surface area contributed by atoms with Crippen LogP contribution in [-0.2, 0) is 11.0 Å². The van der Waals surface area contributed by atoms with Crippen molar-refractivity contribution in [3.05, 3.63) is 58.8 Å². The minimum atomic E-state index is -4.35. The minimum Gasteiger partial charge on any atom is -0.375 e. The monoisotopic (exact) mass is 293 g/mol. The van der Waals surface area contributed by atoms with E-state index in [1.54, 1.807) is 6.07 Å². The number of ketones is 1. The maximum absolute atomic E-state index is 12.8. The summed E-state index contributed by atoms with van der Waals surface area (Å²) in [5.41, 5.74) is 1.43. The van der Waals surface area contributed by atoms with Crippen LogP contribution in [0.25, 0.3) is 0 Å². The first-order chi connectivity index (χ1) is 9.95. The van der Waals surface area contributed by atoms with Gasteiger partial charge in [0, 0.05) is 6.42 Å². The lowest BCUT2D eigenvalue weighted by atomic mass is 9.89. The van der Waals surface area contributed by atoms with E-state index in [0.29, 0.717) is 30.5 Å². The van der Waals surface area contributed by atoms with Crippen LogP contribution in [0, 0.1) is 0 Å². The normalized spacial score (nSPS) is 22.0. The number of hydrogen-bond acceptors (Lipinski definition) is 2. The van der Waals surface area contributed by atoms with Crippen LogP contribution >= 0.6 is 0 Å². The van der Waals surface area contributed by atoms with Crippen molar-refractivity contribution in [1.82, 2.24) is 5.32 Å². The third-order valence-corrected chi connectivity index (χ3v) is 3.86. The molecule has 1 aliphatic carbocycles. The van der Waals surface area contributed by atoms with Gasteiger partial charge in [0.15, 0.2) is 5.78 Å². The topological polar surface area (TPSA) is 29.1 Å². The van der Waals surface area contributed by atoms with Gasteiger partial charge in [-0.05, 0) is 36.1 Å². The molecule has 1 aromatic carbocycles. The Hall–Kier alpha value is -2.04. The maximum Gasteiger partial charge on any atom is 0.416 e. The Balaban J connectivity index is 1.88. The number of hydrogen-bond donors (Lipinski definition) is 1. The molecule has 1 unspecified atom stereocenters. The fourth-order valence-electron chi connectivity index (χ4n) is 2.78. The van der Waals surface area contributed by atoms with Crippen LogP contribution < -0.4 is 5.32 Å². The molecule has 0 aromatic heterocycles. The number of benzene rings is 1. The molecule has 110 valence electrons. The highest BCUT2D eigenvalue weighted by Crippen LogP contribution is 2.35. The van der Waals surface area contributed by atoms with E-state index in [-0.39, 0.29) is 11.8 Å². The Bertz CT molecular complexity index is 643. The van der Waals surface area contributed by atoms with Crippen LogP contribution in [0.2, 0.25) is 0 Å². The zero-order valence-corrected chi connectivity index (χ0v) is 11.2. The Morgan fingerprint density at radius 3 is 2.81 bits per heavy atom. The summed E-state index contributed by atoms with van der Waals surface area (Å²) in [5, 5.41) is 3.11. The number of carbonyl (C=O) groups excluding carboxylic acids is 1. The molecule has 0 saturated heterocycles. The highest BCUT2D eigenvalue weighted by atomic mass is 19.4. The average molecular weight is 293 g/mol. The quantitative estimate of drug-likeness (QED) is 0.850. The van der Waals surface area contributed by atoms with Gasteiger partial charge < -0.3 is 5.32 Å². The molecule has 5 heteroatoms. The fourth-order valence-corrected chi connectivity index (χ4v) is 2.78. The van der Waals surface area contributed by atoms with Gasteiger partial charge in [-0.25, -0.2) is 0 Å². The van der Waals surface area contributed by atoms with Crippen molar-refractivity contribution in [2.75, 3.05) is 0 Å². The predicted octanol–water partition coefficient (Wildman–Crippen LogP) is 3.91. The summed E-state index contributed by atoms with van der Waals surface area (Å²) in [4.78, 5) is 11.9. The molecule has 1 atom stereocenters. The van der Waals surface area contributed by atoms with Crippen LogP contribution in [0.4, 0.5) is 13.2 Å². The van der Waals surface area contributed by atoms with E-state index in [0.717, 1.165) is 17.7 Å². The van der Waals surface area contributed by atoms with Crippen molar-refractivity contribution in [2.24, 2.45) is 0 Å². The second-order valence-corrected chi connectivity index (χ2v) is 5.29. The molecule has 1 aliphatic heterocycles. The number of rotatable bonds is 1. The van der Waals surface area contributed by atoms with E-state index < -0.39 is 11.7 Å². The van der Waals surface area contributed by atoms with Crippen LogP contribution in [0.15, 0.2) is 47.7 Å². The highest BCUT2D eigenvalue weighted by molar-refractivity contribution is 5.98. The van der Waals surface area contributed by atoms with Gasteiger partial charge in [0.1, 0.15) is 0 Å². The van der Waals surface area contributed by atoms with Crippen molar-refractivity contribution >= 4 is 5.78 Å². The smallest absolute Gasteiger partial charge is 0.375 e. The lowest BCUT2D eigenvalue weighted by Crippen LogP contribution is -2.31. The zero-order valence-electron chi connectivity index (χ0n) is 11.2. The molecule has 0 bridgehead atoms. The van der Waals surface area contributed by atoms with Gasteiger partial charge in [-0.2, -0.15) is 13.2 Å². The van der Waals surface area contributed by atoms with E-state index in [9.17, 15) is 18.0 Å². The summed E-state index contributed by atoms with van der Waals surface area (Å²) in [5.74, 6) is 0.00387. The number of Topliss-reactive ketones (excluding diaryl/α,β-unsaturated/α-hetero) is 1. The fraction of sp³-hybridized carbons (Fsp3) is 0.312. The van der Waals surface area contributed by atoms with Crippen molar-refractivity contribution in [3.8, 4) is 0 Å². The summed E-state index contributed by atoms with van der Waals surface area (Å²) in [6.45, 7) is 0. The molecule has 21 heavy (non-hydrogen) atoms. The molecule has 0 saturated carbocycles. The van der Waals surface area contributed by atoms with Crippen molar-refractivity contribution in [2.45, 2.75) is 31.5 Å². The van der Waals surface area contributed by atoms with Gasteiger partial charge in [0.25, 0.3) is 0 Å². The summed E-state index contributed by atoms with van der Waals surface area (Å²) in [6, 6.07) is 5.05. The van der Waals surface area contributed by atoms with Gasteiger partial charge in [-0.1, -0.05) is 24.3 Å². The van der Waals surface area contributed by atoms with Crippen molar-refractivity contribution in [3.63, 3.8) is 0 Å². The lowest BCUT2D eigenvalue weighted by molar-refractivity contribution is -0.137. The molecule has 1 aromatic rings. The van der Waals surface area contributed by atoms with Crippen LogP contribution in [0.1, 0.15) is 36.4 Å². The van der Waals surface area contributed by atoms with E-state index in [4.69, 9.17) is 0 Å². The predicted molar refractivity (Wildman–Crippen MR) is 72.3 cm³/mol. The third-order valence-electron chi connectivity index (χ3n) is 3.86. The highest BCUT2D eigenvalue weighted by Gasteiger charge is 2.32. The number of halogens is 3. The van der Waals surface area contributed by atoms with Gasteiger partial charge in [-0.15, -0.1) is 0 Å². The van der Waals surface area contributed by atoms with Crippen molar-refractivity contribution in [1.29, 1.82) is 0 Å². The number of allylic oxidation sites excluding steroid dienone is 4. The van der Waals surface area contributed by atoms with E-state index in [2.05, 4.69) is 5.32 Å². The molecule has 1 N–H and O–H groups in total. The van der Waals surface area contributed by atoms with Crippen LogP contribution in [0.5, 0.6) is 0 Å². The molecule has 0 spiro atoms. The van der Waals surface area contributed by atoms with E-state index in [1.807, 2.05) is 12.2 Å².